The summed E-state index contributed by atoms with van der Waals surface area (Å²) in [7, 11) is -4.75. The van der Waals surface area contributed by atoms with E-state index in [0.717, 1.165) is 19.3 Å². The molecular weight excluding hydrogens is 444 g/mol. The molecule has 0 spiro atoms. The number of hydrogen-bond donors (Lipinski definition) is 0. The van der Waals surface area contributed by atoms with Gasteiger partial charge in [0.2, 0.25) is 0 Å². The molecule has 0 aromatic heterocycles. The fraction of sp³-hybridized carbons (Fsp3) is 0.852. The van der Waals surface area contributed by atoms with Crippen LogP contribution in [0.15, 0.2) is 11.6 Å². The Morgan fingerprint density at radius 2 is 1.00 bits per heavy atom. The van der Waals surface area contributed by atoms with Gasteiger partial charge in [-0.15, -0.1) is 0 Å². The Morgan fingerprint density at radius 1 is 0.636 bits per heavy atom. The van der Waals surface area contributed by atoms with Crippen LogP contribution in [0.4, 0.5) is 0 Å². The van der Waals surface area contributed by atoms with Crippen LogP contribution in [-0.2, 0) is 18.4 Å². The molecule has 0 radical (unpaired) electrons. The fourth-order valence-corrected chi connectivity index (χ4v) is 16.4. The molecule has 33 heavy (non-hydrogen) atoms. The van der Waals surface area contributed by atoms with Gasteiger partial charge in [-0.1, -0.05) is 103 Å². The molecule has 0 aliphatic rings. The molecule has 0 atom stereocenters. The minimum atomic E-state index is -2.39. The first-order chi connectivity index (χ1) is 15.1. The van der Waals surface area contributed by atoms with Crippen LogP contribution in [0.25, 0.3) is 0 Å². The zero-order valence-electron chi connectivity index (χ0n) is 24.0. The van der Waals surface area contributed by atoms with E-state index in [9.17, 15) is 9.59 Å². The SMILES string of the molecule is CCCCC/C(=C/C(=O)O[Si](C(C)C)(C(C)C)C(C)C)C(=O)O[Si](C(C)C)(C(C)C)C(C)C. The van der Waals surface area contributed by atoms with Crippen molar-refractivity contribution in [3.8, 4) is 0 Å². The first kappa shape index (κ1) is 32.1. The van der Waals surface area contributed by atoms with Gasteiger partial charge in [0.25, 0.3) is 16.6 Å². The Bertz CT molecular complexity index is 605. The van der Waals surface area contributed by atoms with Gasteiger partial charge in [0.15, 0.2) is 0 Å². The molecule has 0 rings (SSSR count). The van der Waals surface area contributed by atoms with Gasteiger partial charge in [0.1, 0.15) is 0 Å². The zero-order chi connectivity index (χ0) is 26.1. The molecule has 0 saturated heterocycles. The van der Waals surface area contributed by atoms with Gasteiger partial charge in [-0.05, 0) is 46.1 Å². The highest BCUT2D eigenvalue weighted by Gasteiger charge is 2.49. The average molecular weight is 499 g/mol. The molecular formula is C27H54O4Si2. The van der Waals surface area contributed by atoms with Gasteiger partial charge >= 0.3 is 11.9 Å². The lowest BCUT2D eigenvalue weighted by Gasteiger charge is -2.41. The van der Waals surface area contributed by atoms with E-state index in [1.807, 2.05) is 0 Å². The highest BCUT2D eigenvalue weighted by Crippen LogP contribution is 2.44. The monoisotopic (exact) mass is 498 g/mol. The van der Waals surface area contributed by atoms with Gasteiger partial charge in [-0.25, -0.2) is 9.59 Å². The van der Waals surface area contributed by atoms with Crippen molar-refractivity contribution in [2.24, 2.45) is 0 Å². The van der Waals surface area contributed by atoms with Crippen LogP contribution in [0.3, 0.4) is 0 Å². The van der Waals surface area contributed by atoms with E-state index in [0.29, 0.717) is 45.2 Å². The van der Waals surface area contributed by atoms with Crippen LogP contribution < -0.4 is 0 Å². The number of hydrogen-bond acceptors (Lipinski definition) is 4. The molecule has 0 heterocycles. The van der Waals surface area contributed by atoms with Crippen molar-refractivity contribution in [2.75, 3.05) is 0 Å². The van der Waals surface area contributed by atoms with E-state index >= 15 is 0 Å². The topological polar surface area (TPSA) is 52.6 Å². The predicted octanol–water partition coefficient (Wildman–Crippen LogP) is 8.93. The highest BCUT2D eigenvalue weighted by molar-refractivity contribution is 6.79. The molecule has 0 unspecified atom stereocenters. The second kappa shape index (κ2) is 13.9. The lowest BCUT2D eigenvalue weighted by molar-refractivity contribution is -0.134. The molecule has 0 aliphatic carbocycles. The third-order valence-electron chi connectivity index (χ3n) is 7.56. The van der Waals surface area contributed by atoms with Crippen LogP contribution in [0.5, 0.6) is 0 Å². The van der Waals surface area contributed by atoms with Gasteiger partial charge < -0.3 is 8.85 Å². The van der Waals surface area contributed by atoms with Crippen LogP contribution in [-0.4, -0.2) is 28.6 Å². The van der Waals surface area contributed by atoms with Crippen LogP contribution >= 0.6 is 0 Å². The summed E-state index contributed by atoms with van der Waals surface area (Å²) in [6.07, 6.45) is 4.96. The molecule has 0 fully saturated rings. The summed E-state index contributed by atoms with van der Waals surface area (Å²) in [5, 5.41) is 0. The van der Waals surface area contributed by atoms with E-state index in [2.05, 4.69) is 90.0 Å². The molecule has 0 aromatic carbocycles. The zero-order valence-corrected chi connectivity index (χ0v) is 26.0. The van der Waals surface area contributed by atoms with Crippen molar-refractivity contribution in [1.82, 2.24) is 0 Å². The maximum absolute atomic E-state index is 13.5. The number of carbonyl (C=O) groups is 2. The van der Waals surface area contributed by atoms with Crippen molar-refractivity contribution in [3.05, 3.63) is 11.6 Å². The van der Waals surface area contributed by atoms with E-state index in [-0.39, 0.29) is 11.9 Å². The highest BCUT2D eigenvalue weighted by atomic mass is 28.4. The summed E-state index contributed by atoms with van der Waals surface area (Å²) in [5.74, 6) is -0.677. The van der Waals surface area contributed by atoms with Crippen LogP contribution in [0, 0.1) is 0 Å². The minimum Gasteiger partial charge on any atom is -0.515 e. The largest absolute Gasteiger partial charge is 0.515 e. The fourth-order valence-electron chi connectivity index (χ4n) is 6.08. The quantitative estimate of drug-likeness (QED) is 0.136. The van der Waals surface area contributed by atoms with Crippen LogP contribution in [0.2, 0.25) is 33.2 Å². The Morgan fingerprint density at radius 3 is 1.33 bits per heavy atom. The molecule has 0 aliphatic heterocycles. The van der Waals surface area contributed by atoms with Crippen molar-refractivity contribution < 1.29 is 18.4 Å². The van der Waals surface area contributed by atoms with Gasteiger partial charge in [0, 0.05) is 11.6 Å². The standard InChI is InChI=1S/C27H54O4Si2/c1-14-15-16-17-25(27(29)31-33(22(8)9,23(10)11)24(12)13)18-26(28)30-32(19(2)3,20(4)5)21(6)7/h18-24H,14-17H2,1-13H3/b25-18-. The van der Waals surface area contributed by atoms with Gasteiger partial charge in [0.05, 0.1) is 0 Å². The molecule has 0 aromatic rings. The summed E-state index contributed by atoms with van der Waals surface area (Å²) in [6.45, 7) is 28.1. The Balaban J connectivity index is 6.18. The molecule has 0 saturated carbocycles. The van der Waals surface area contributed by atoms with Crippen molar-refractivity contribution in [3.63, 3.8) is 0 Å². The summed E-state index contributed by atoms with van der Waals surface area (Å²) in [6, 6.07) is 0. The van der Waals surface area contributed by atoms with E-state index in [4.69, 9.17) is 8.85 Å². The van der Waals surface area contributed by atoms with Gasteiger partial charge in [-0.2, -0.15) is 0 Å². The lowest BCUT2D eigenvalue weighted by atomic mass is 10.1. The Labute approximate surface area is 207 Å². The van der Waals surface area contributed by atoms with E-state index in [1.165, 1.54) is 6.08 Å². The summed E-state index contributed by atoms with van der Waals surface area (Å²) in [4.78, 5) is 26.7. The maximum Gasteiger partial charge on any atom is 0.320 e. The van der Waals surface area contributed by atoms with E-state index in [1.54, 1.807) is 0 Å². The first-order valence-corrected chi connectivity index (χ1v) is 17.6. The second-order valence-corrected chi connectivity index (χ2v) is 22.3. The van der Waals surface area contributed by atoms with Crippen molar-refractivity contribution >= 4 is 28.6 Å². The Kier molecular flexibility index (Phi) is 13.5. The number of rotatable bonds is 14. The van der Waals surface area contributed by atoms with Crippen molar-refractivity contribution in [1.29, 1.82) is 0 Å². The molecule has 4 nitrogen and oxygen atoms in total. The maximum atomic E-state index is 13.5. The van der Waals surface area contributed by atoms with Crippen molar-refractivity contribution in [2.45, 2.75) is 149 Å². The minimum absolute atomic E-state index is 0.299. The molecule has 0 bridgehead atoms. The molecule has 0 N–H and O–H groups in total. The molecule has 194 valence electrons. The Hall–Kier alpha value is -0.886. The average Bonchev–Trinajstić information content (AvgIpc) is 2.67. The number of carbonyl (C=O) groups excluding carboxylic acids is 2. The number of unbranched alkanes of at least 4 members (excludes halogenated alkanes) is 2. The smallest absolute Gasteiger partial charge is 0.320 e. The second-order valence-electron chi connectivity index (χ2n) is 11.6. The van der Waals surface area contributed by atoms with Crippen LogP contribution in [0.1, 0.15) is 116 Å². The normalized spacial score (nSPS) is 13.7. The summed E-state index contributed by atoms with van der Waals surface area (Å²) in [5.41, 5.74) is 2.27. The van der Waals surface area contributed by atoms with Gasteiger partial charge in [-0.3, -0.25) is 0 Å². The van der Waals surface area contributed by atoms with E-state index < -0.39 is 16.6 Å². The molecule has 0 amide bonds. The third kappa shape index (κ3) is 7.81. The molecule has 6 heteroatoms. The lowest BCUT2D eigenvalue weighted by Crippen LogP contribution is -2.50. The first-order valence-electron chi connectivity index (χ1n) is 13.3. The summed E-state index contributed by atoms with van der Waals surface area (Å²) >= 11 is 0. The predicted molar refractivity (Wildman–Crippen MR) is 147 cm³/mol. The summed E-state index contributed by atoms with van der Waals surface area (Å²) < 4.78 is 12.7. The third-order valence-corrected chi connectivity index (χ3v) is 19.5.